The van der Waals surface area contributed by atoms with Gasteiger partial charge in [0.05, 0.1) is 10.6 Å². The molecule has 0 aliphatic heterocycles. The molecule has 7 heteroatoms. The number of carboxylic acids is 1. The average Bonchev–Trinajstić information content (AvgIpc) is 3.06. The first-order valence-electron chi connectivity index (χ1n) is 6.04. The molecule has 5 N–H and O–H groups in total. The van der Waals surface area contributed by atoms with Crippen molar-refractivity contribution in [2.75, 3.05) is 0 Å². The van der Waals surface area contributed by atoms with E-state index in [0.29, 0.717) is 5.56 Å². The minimum atomic E-state index is -0.833. The second-order valence-electron chi connectivity index (χ2n) is 4.21. The standard InChI is InChI=1S/C12H10N4S.C2H4O2/c13-11(14)7-3-4-15-12-8(7)6-9(16-12)10-2-1-5-17-10;1-2(3)4/h1-6H,(H3,13,14)(H,15,16);1H3,(H,3,4). The lowest BCUT2D eigenvalue weighted by Gasteiger charge is -1.97. The van der Waals surface area contributed by atoms with Gasteiger partial charge in [0.2, 0.25) is 0 Å². The molecule has 3 heterocycles. The van der Waals surface area contributed by atoms with Crippen molar-refractivity contribution in [2.24, 2.45) is 5.73 Å². The molecule has 0 unspecified atom stereocenters. The molecule has 6 nitrogen and oxygen atoms in total. The zero-order valence-corrected chi connectivity index (χ0v) is 12.1. The molecule has 3 rings (SSSR count). The summed E-state index contributed by atoms with van der Waals surface area (Å²) in [6.45, 7) is 1.08. The third-order valence-corrected chi connectivity index (χ3v) is 3.51. The number of nitrogen functional groups attached to an aromatic ring is 1. The van der Waals surface area contributed by atoms with Crippen LogP contribution in [0.1, 0.15) is 12.5 Å². The Hall–Kier alpha value is -2.67. The molecule has 0 fully saturated rings. The summed E-state index contributed by atoms with van der Waals surface area (Å²) in [4.78, 5) is 17.6. The number of amidine groups is 1. The predicted octanol–water partition coefficient (Wildman–Crippen LogP) is 2.67. The largest absolute Gasteiger partial charge is 0.481 e. The Morgan fingerprint density at radius 2 is 2.19 bits per heavy atom. The van der Waals surface area contributed by atoms with Crippen LogP contribution in [0.3, 0.4) is 0 Å². The van der Waals surface area contributed by atoms with Gasteiger partial charge in [0.1, 0.15) is 11.5 Å². The Morgan fingerprint density at radius 1 is 1.48 bits per heavy atom. The van der Waals surface area contributed by atoms with E-state index in [1.165, 1.54) is 0 Å². The maximum atomic E-state index is 9.00. The normalized spacial score (nSPS) is 9.95. The molecule has 0 saturated carbocycles. The van der Waals surface area contributed by atoms with Crippen LogP contribution >= 0.6 is 11.3 Å². The maximum Gasteiger partial charge on any atom is 0.300 e. The van der Waals surface area contributed by atoms with Crippen molar-refractivity contribution >= 4 is 34.2 Å². The summed E-state index contributed by atoms with van der Waals surface area (Å²) in [5.41, 5.74) is 8.04. The van der Waals surface area contributed by atoms with Crippen molar-refractivity contribution in [1.29, 1.82) is 5.41 Å². The van der Waals surface area contributed by atoms with E-state index in [0.717, 1.165) is 28.5 Å². The number of rotatable bonds is 2. The zero-order valence-electron chi connectivity index (χ0n) is 11.3. The number of H-pyrrole nitrogens is 1. The fourth-order valence-corrected chi connectivity index (χ4v) is 2.52. The van der Waals surface area contributed by atoms with Gasteiger partial charge in [0.25, 0.3) is 5.97 Å². The van der Waals surface area contributed by atoms with Gasteiger partial charge >= 0.3 is 0 Å². The number of thiophene rings is 1. The fraction of sp³-hybridized carbons (Fsp3) is 0.0714. The number of aliphatic carboxylic acids is 1. The molecule has 0 aromatic carbocycles. The second-order valence-corrected chi connectivity index (χ2v) is 5.16. The second kappa shape index (κ2) is 6.19. The highest BCUT2D eigenvalue weighted by molar-refractivity contribution is 7.13. The minimum absolute atomic E-state index is 0.0640. The summed E-state index contributed by atoms with van der Waals surface area (Å²) < 4.78 is 0. The van der Waals surface area contributed by atoms with Crippen molar-refractivity contribution < 1.29 is 9.90 Å². The van der Waals surface area contributed by atoms with Gasteiger partial charge in [-0.1, -0.05) is 6.07 Å². The Balaban J connectivity index is 0.000000361. The SMILES string of the molecule is CC(=O)O.N=C(N)c1ccnc2[nH]c(-c3cccs3)cc12. The topological polar surface area (TPSA) is 116 Å². The van der Waals surface area contributed by atoms with Crippen LogP contribution in [-0.4, -0.2) is 26.9 Å². The molecular formula is C14H14N4O2S. The van der Waals surface area contributed by atoms with E-state index in [1.807, 2.05) is 23.6 Å². The lowest BCUT2D eigenvalue weighted by Crippen LogP contribution is -2.11. The van der Waals surface area contributed by atoms with Crippen LogP contribution < -0.4 is 5.73 Å². The highest BCUT2D eigenvalue weighted by Crippen LogP contribution is 2.28. The van der Waals surface area contributed by atoms with E-state index in [-0.39, 0.29) is 5.84 Å². The van der Waals surface area contributed by atoms with Crippen LogP contribution in [0, 0.1) is 5.41 Å². The molecule has 21 heavy (non-hydrogen) atoms. The minimum Gasteiger partial charge on any atom is -0.481 e. The number of aromatic nitrogens is 2. The van der Waals surface area contributed by atoms with Crippen molar-refractivity contribution in [2.45, 2.75) is 6.92 Å². The molecule has 0 atom stereocenters. The molecule has 0 bridgehead atoms. The lowest BCUT2D eigenvalue weighted by atomic mass is 10.1. The Labute approximate surface area is 124 Å². The van der Waals surface area contributed by atoms with Gasteiger partial charge in [-0.2, -0.15) is 0 Å². The summed E-state index contributed by atoms with van der Waals surface area (Å²) in [6, 6.07) is 7.80. The van der Waals surface area contributed by atoms with Crippen molar-refractivity contribution in [1.82, 2.24) is 9.97 Å². The highest BCUT2D eigenvalue weighted by atomic mass is 32.1. The molecule has 0 spiro atoms. The van der Waals surface area contributed by atoms with E-state index >= 15 is 0 Å². The van der Waals surface area contributed by atoms with Gasteiger partial charge in [-0.25, -0.2) is 4.98 Å². The van der Waals surface area contributed by atoms with Crippen LogP contribution in [0.25, 0.3) is 21.6 Å². The molecule has 0 amide bonds. The molecule has 108 valence electrons. The van der Waals surface area contributed by atoms with Gasteiger partial charge in [-0.15, -0.1) is 11.3 Å². The highest BCUT2D eigenvalue weighted by Gasteiger charge is 2.09. The number of hydrogen-bond acceptors (Lipinski definition) is 4. The summed E-state index contributed by atoms with van der Waals surface area (Å²) in [6.07, 6.45) is 1.66. The smallest absolute Gasteiger partial charge is 0.300 e. The Bertz CT molecular complexity index is 773. The number of pyridine rings is 1. The molecule has 0 aliphatic rings. The number of nitrogens with zero attached hydrogens (tertiary/aromatic N) is 1. The lowest BCUT2D eigenvalue weighted by molar-refractivity contribution is -0.134. The number of aromatic amines is 1. The van der Waals surface area contributed by atoms with Crippen LogP contribution in [0.15, 0.2) is 35.8 Å². The number of nitrogens with two attached hydrogens (primary N) is 1. The monoisotopic (exact) mass is 302 g/mol. The zero-order chi connectivity index (χ0) is 15.4. The summed E-state index contributed by atoms with van der Waals surface area (Å²) in [7, 11) is 0. The van der Waals surface area contributed by atoms with Crippen molar-refractivity contribution in [3.63, 3.8) is 0 Å². The predicted molar refractivity (Wildman–Crippen MR) is 83.7 cm³/mol. The molecule has 0 aliphatic carbocycles. The number of carbonyl (C=O) groups is 1. The molecular weight excluding hydrogens is 288 g/mol. The summed E-state index contributed by atoms with van der Waals surface area (Å²) >= 11 is 1.66. The molecule has 0 saturated heterocycles. The third-order valence-electron chi connectivity index (χ3n) is 2.61. The molecule has 0 radical (unpaired) electrons. The first kappa shape index (κ1) is 14.7. The molecule has 3 aromatic rings. The van der Waals surface area contributed by atoms with E-state index < -0.39 is 5.97 Å². The van der Waals surface area contributed by atoms with Gasteiger partial charge in [0.15, 0.2) is 0 Å². The van der Waals surface area contributed by atoms with E-state index in [2.05, 4.69) is 9.97 Å². The first-order valence-corrected chi connectivity index (χ1v) is 6.92. The summed E-state index contributed by atoms with van der Waals surface area (Å²) in [5, 5.41) is 17.9. The van der Waals surface area contributed by atoms with Crippen LogP contribution in [0.2, 0.25) is 0 Å². The van der Waals surface area contributed by atoms with E-state index in [1.54, 1.807) is 23.6 Å². The van der Waals surface area contributed by atoms with Crippen molar-refractivity contribution in [3.05, 3.63) is 41.4 Å². The Morgan fingerprint density at radius 3 is 2.76 bits per heavy atom. The van der Waals surface area contributed by atoms with Gasteiger partial charge in [0, 0.05) is 24.1 Å². The third kappa shape index (κ3) is 3.46. The van der Waals surface area contributed by atoms with Crippen molar-refractivity contribution in [3.8, 4) is 10.6 Å². The molecule has 3 aromatic heterocycles. The van der Waals surface area contributed by atoms with E-state index in [4.69, 9.17) is 21.0 Å². The Kier molecular flexibility index (Phi) is 4.34. The van der Waals surface area contributed by atoms with Gasteiger partial charge < -0.3 is 15.8 Å². The average molecular weight is 302 g/mol. The number of nitrogens with one attached hydrogen (secondary N) is 2. The number of carboxylic acid groups (broad SMARTS) is 1. The van der Waals surface area contributed by atoms with Crippen LogP contribution in [0.4, 0.5) is 0 Å². The van der Waals surface area contributed by atoms with Crippen LogP contribution in [0.5, 0.6) is 0 Å². The maximum absolute atomic E-state index is 9.00. The number of fused-ring (bicyclic) bond motifs is 1. The van der Waals surface area contributed by atoms with Crippen LogP contribution in [-0.2, 0) is 4.79 Å². The van der Waals surface area contributed by atoms with Gasteiger partial charge in [-0.05, 0) is 23.6 Å². The quantitative estimate of drug-likeness (QED) is 0.430. The summed E-state index contributed by atoms with van der Waals surface area (Å²) in [5.74, 6) is -0.769. The first-order chi connectivity index (χ1) is 9.99. The fourth-order valence-electron chi connectivity index (χ4n) is 1.83. The number of hydrogen-bond donors (Lipinski definition) is 4. The van der Waals surface area contributed by atoms with Gasteiger partial charge in [-0.3, -0.25) is 10.2 Å². The van der Waals surface area contributed by atoms with E-state index in [9.17, 15) is 0 Å².